The van der Waals surface area contributed by atoms with Gasteiger partial charge in [0.05, 0.1) is 47.0 Å². The van der Waals surface area contributed by atoms with Crippen LogP contribution < -0.4 is 21.7 Å². The number of amides is 3. The Morgan fingerprint density at radius 3 is 1.01 bits per heavy atom. The number of esters is 3. The highest BCUT2D eigenvalue weighted by Gasteiger charge is 2.33. The van der Waals surface area contributed by atoms with Crippen molar-refractivity contribution in [2.24, 2.45) is 23.5 Å². The summed E-state index contributed by atoms with van der Waals surface area (Å²) in [5.74, 6) is -4.31. The number of ketones is 3. The molecule has 2 aliphatic rings. The Morgan fingerprint density at radius 2 is 0.716 bits per heavy atom. The van der Waals surface area contributed by atoms with Crippen LogP contribution in [0.4, 0.5) is 18.4 Å². The smallest absolute Gasteiger partial charge is 0.407 e. The third-order valence-corrected chi connectivity index (χ3v) is 13.5. The van der Waals surface area contributed by atoms with Crippen LogP contribution in [-0.2, 0) is 57.2 Å². The molecule has 18 nitrogen and oxygen atoms in total. The standard InChI is InChI=1S/C29H36N2O6.C26H31NO5.C11H21NO3.2CH3F/c1-17(26(33)30-19(3)27(34)37-29(4,5)6)15-25(32)18(2)31-28(35)36-16-24-22-13-9-7-11-20(22)21-12-8-10-14-23(21)24;1-16(24(29)32-26(3,4)5)14-23(28)17(2)27-25(30)31-15-22-20-12-8-6-10-18(20)19-11-7-9-13-21(19)22;1-7(6-9(13)8(2)12)10(14)15-11(3,4)5;2*1-2/h7-14,17-19,24H,15-16H2,1-6H3,(H,30,33)(H,31,35);6-13,16-17,22H,14-15H2,1-5H3,(H,27,30);7-8H,6,12H2,1-5H3;2*1H3/i;;;2*1D. The molecule has 7 atom stereocenters. The Labute approximate surface area is 521 Å². The lowest BCUT2D eigenvalue weighted by atomic mass is 9.98. The van der Waals surface area contributed by atoms with E-state index in [0.29, 0.717) is 0 Å². The summed E-state index contributed by atoms with van der Waals surface area (Å²) in [5.41, 5.74) is 12.6. The maximum atomic E-state index is 12.6. The van der Waals surface area contributed by atoms with Crippen molar-refractivity contribution in [1.82, 2.24) is 16.0 Å². The van der Waals surface area contributed by atoms with E-state index in [1.54, 1.807) is 104 Å². The fourth-order valence-corrected chi connectivity index (χ4v) is 9.11. The van der Waals surface area contributed by atoms with Gasteiger partial charge in [-0.2, -0.15) is 0 Å². The molecule has 0 aromatic heterocycles. The van der Waals surface area contributed by atoms with Crippen molar-refractivity contribution in [3.63, 3.8) is 0 Å². The Morgan fingerprint density at radius 1 is 0.443 bits per heavy atom. The summed E-state index contributed by atoms with van der Waals surface area (Å²) in [7, 11) is -2.00. The topological polar surface area (TPSA) is 262 Å². The van der Waals surface area contributed by atoms with Crippen molar-refractivity contribution in [3.05, 3.63) is 119 Å². The molecule has 0 bridgehead atoms. The maximum Gasteiger partial charge on any atom is 0.407 e. The van der Waals surface area contributed by atoms with Crippen LogP contribution in [0.25, 0.3) is 22.3 Å². The van der Waals surface area contributed by atoms with Gasteiger partial charge in [-0.25, -0.2) is 14.4 Å². The highest BCUT2D eigenvalue weighted by molar-refractivity contribution is 5.93. The van der Waals surface area contributed by atoms with Crippen LogP contribution in [0.1, 0.15) is 167 Å². The van der Waals surface area contributed by atoms with E-state index in [1.807, 2.05) is 72.8 Å². The van der Waals surface area contributed by atoms with Gasteiger partial charge in [-0.3, -0.25) is 37.5 Å². The van der Waals surface area contributed by atoms with E-state index in [2.05, 4.69) is 40.2 Å². The van der Waals surface area contributed by atoms with Gasteiger partial charge in [-0.15, -0.1) is 0 Å². The number of alkyl halides is 2. The van der Waals surface area contributed by atoms with Crippen molar-refractivity contribution in [2.75, 3.05) is 27.5 Å². The quantitative estimate of drug-likeness (QED) is 0.0474. The number of hydrogen-bond donors (Lipinski definition) is 4. The van der Waals surface area contributed by atoms with Gasteiger partial charge in [0.1, 0.15) is 41.8 Å². The third-order valence-electron chi connectivity index (χ3n) is 13.5. The fraction of sp³-hybridized carbons (Fsp3) is 0.515. The third kappa shape index (κ3) is 24.7. The summed E-state index contributed by atoms with van der Waals surface area (Å²) in [6.07, 6.45) is -1.32. The number of nitrogens with two attached hydrogens (primary N) is 1. The fourth-order valence-electron chi connectivity index (χ4n) is 9.11. The van der Waals surface area contributed by atoms with E-state index in [9.17, 15) is 51.9 Å². The summed E-state index contributed by atoms with van der Waals surface area (Å²) in [6, 6.07) is 29.3. The molecule has 4 aromatic carbocycles. The molecular formula is C68H94F2N4O14. The molecule has 0 aliphatic heterocycles. The van der Waals surface area contributed by atoms with Crippen LogP contribution in [0, 0.1) is 17.8 Å². The molecular weight excluding hydrogens is 1130 g/mol. The van der Waals surface area contributed by atoms with Crippen molar-refractivity contribution < 1.29 is 78.4 Å². The van der Waals surface area contributed by atoms with E-state index in [1.165, 1.54) is 6.92 Å². The molecule has 0 heterocycles. The lowest BCUT2D eigenvalue weighted by molar-refractivity contribution is -0.161. The molecule has 0 saturated heterocycles. The van der Waals surface area contributed by atoms with E-state index in [-0.39, 0.29) is 67.6 Å². The van der Waals surface area contributed by atoms with E-state index >= 15 is 0 Å². The van der Waals surface area contributed by atoms with Crippen molar-refractivity contribution in [3.8, 4) is 22.3 Å². The number of benzene rings is 4. The molecule has 7 unspecified atom stereocenters. The first-order valence-corrected chi connectivity index (χ1v) is 29.2. The van der Waals surface area contributed by atoms with Gasteiger partial charge in [0.15, 0.2) is 11.6 Å². The molecule has 5 N–H and O–H groups in total. The van der Waals surface area contributed by atoms with Crippen LogP contribution in [0.2, 0.25) is 0 Å². The highest BCUT2D eigenvalue weighted by Crippen LogP contribution is 2.46. The molecule has 0 spiro atoms. The zero-order chi connectivity index (χ0) is 68.4. The lowest BCUT2D eigenvalue weighted by Gasteiger charge is -2.23. The molecule has 0 fully saturated rings. The first kappa shape index (κ1) is 72.6. The van der Waals surface area contributed by atoms with Gasteiger partial charge in [0, 0.05) is 37.0 Å². The predicted molar refractivity (Wildman–Crippen MR) is 335 cm³/mol. The largest absolute Gasteiger partial charge is 0.460 e. The maximum absolute atomic E-state index is 12.6. The second kappa shape index (κ2) is 35.2. The van der Waals surface area contributed by atoms with Gasteiger partial charge in [-0.05, 0) is 135 Å². The monoisotopic (exact) mass is 1230 g/mol. The highest BCUT2D eigenvalue weighted by atomic mass is 19.1. The number of carbonyl (C=O) groups excluding carboxylic acids is 9. The number of ether oxygens (including phenoxy) is 5. The number of halogens is 2. The molecule has 4 aromatic rings. The van der Waals surface area contributed by atoms with E-state index in [0.717, 1.165) is 44.5 Å². The average Bonchev–Trinajstić information content (AvgIpc) is 1.64. The van der Waals surface area contributed by atoms with Crippen molar-refractivity contribution >= 4 is 53.4 Å². The van der Waals surface area contributed by atoms with Gasteiger partial charge in [-0.1, -0.05) is 118 Å². The van der Waals surface area contributed by atoms with E-state index in [4.69, 9.17) is 32.2 Å². The van der Waals surface area contributed by atoms with E-state index < -0.39 is 103 Å². The predicted octanol–water partition coefficient (Wildman–Crippen LogP) is 11.6. The molecule has 20 heteroatoms. The Bertz CT molecular complexity index is 2960. The number of hydrogen-bond acceptors (Lipinski definition) is 15. The van der Waals surface area contributed by atoms with Crippen LogP contribution >= 0.6 is 0 Å². The minimum absolute atomic E-state index is 0.0142. The molecule has 0 saturated carbocycles. The van der Waals surface area contributed by atoms with Gasteiger partial charge >= 0.3 is 30.1 Å². The number of rotatable bonds is 20. The SMILES string of the molecule is CC(CC(=O)C(C)NC(=O)OCC1c2ccccc2-c2ccccc21)C(=O)NC(C)C(=O)OC(C)(C)C.CC(CC(=O)C(C)NC(=O)OCC1c2ccccc2-c2ccccc21)C(=O)OC(C)(C)C.CC(N)C(=O)CC(C)C(=O)OC(C)(C)C.[2H]CF.[2H]CF. The molecule has 88 heavy (non-hydrogen) atoms. The van der Waals surface area contributed by atoms with Crippen molar-refractivity contribution in [1.29, 1.82) is 0 Å². The summed E-state index contributed by atoms with van der Waals surface area (Å²) in [4.78, 5) is 109. The molecule has 6 rings (SSSR count). The molecule has 3 amide bonds. The first-order chi connectivity index (χ1) is 41.9. The number of fused-ring (bicyclic) bond motifs is 6. The number of carbonyl (C=O) groups is 9. The van der Waals surface area contributed by atoms with Gasteiger partial charge in [0.25, 0.3) is 0 Å². The molecule has 0 radical (unpaired) electrons. The lowest BCUT2D eigenvalue weighted by Crippen LogP contribution is -2.45. The summed E-state index contributed by atoms with van der Waals surface area (Å²) >= 11 is 0. The zero-order valence-electron chi connectivity index (χ0n) is 55.9. The Balaban J connectivity index is 0.000000472. The van der Waals surface area contributed by atoms with Crippen molar-refractivity contribution in [2.45, 2.75) is 183 Å². The van der Waals surface area contributed by atoms with Crippen LogP contribution in [0.5, 0.6) is 0 Å². The minimum atomic E-state index is -1.00. The molecule has 2 aliphatic carbocycles. The zero-order valence-corrected chi connectivity index (χ0v) is 53.9. The number of Topliss-reactive ketones (excluding diaryl/α,β-unsaturated/α-hetero) is 3. The molecule has 484 valence electrons. The summed E-state index contributed by atoms with van der Waals surface area (Å²) in [5, 5.41) is 7.72. The second-order valence-corrected chi connectivity index (χ2v) is 24.7. The normalized spacial score (nSPS) is 14.7. The Kier molecular flexibility index (Phi) is 29.0. The average molecular weight is 1230 g/mol. The van der Waals surface area contributed by atoms with Gasteiger partial charge < -0.3 is 45.4 Å². The van der Waals surface area contributed by atoms with Crippen LogP contribution in [0.15, 0.2) is 97.1 Å². The van der Waals surface area contributed by atoms with Gasteiger partial charge in [0.2, 0.25) is 5.91 Å². The Hall–Kier alpha value is -7.87. The summed E-state index contributed by atoms with van der Waals surface area (Å²) < 4.78 is 57.7. The van der Waals surface area contributed by atoms with Crippen LogP contribution in [-0.4, -0.2) is 122 Å². The number of nitrogens with one attached hydrogen (secondary N) is 3. The first-order valence-electron chi connectivity index (χ1n) is 30.6. The summed E-state index contributed by atoms with van der Waals surface area (Å²) in [6.45, 7) is 27.5. The second-order valence-electron chi connectivity index (χ2n) is 24.7. The van der Waals surface area contributed by atoms with Crippen LogP contribution in [0.3, 0.4) is 0 Å². The minimum Gasteiger partial charge on any atom is -0.460 e. The number of alkyl carbamates (subject to hydrolysis) is 2.